The highest BCUT2D eigenvalue weighted by Gasteiger charge is 2.14. The molecular weight excluding hydrogens is 411 g/mol. The number of anilines is 2. The summed E-state index contributed by atoms with van der Waals surface area (Å²) in [6.07, 6.45) is 0. The topological polar surface area (TPSA) is 100 Å². The minimum absolute atomic E-state index is 0.0397. The lowest BCUT2D eigenvalue weighted by molar-refractivity contribution is 0.282. The predicted octanol–water partition coefficient (Wildman–Crippen LogP) is 4.99. The summed E-state index contributed by atoms with van der Waals surface area (Å²) in [6.45, 7) is 1.80. The number of phenols is 1. The second-order valence-corrected chi connectivity index (χ2v) is 7.08. The van der Waals surface area contributed by atoms with Gasteiger partial charge in [-0.25, -0.2) is 4.39 Å². The molecule has 1 aromatic heterocycles. The molecule has 4 aromatic rings. The first-order valence-corrected chi connectivity index (χ1v) is 9.70. The molecule has 2 N–H and O–H groups in total. The van der Waals surface area contributed by atoms with E-state index >= 15 is 0 Å². The fourth-order valence-corrected chi connectivity index (χ4v) is 3.08. The number of ether oxygens (including phenoxy) is 2. The zero-order chi connectivity index (χ0) is 22.7. The van der Waals surface area contributed by atoms with E-state index < -0.39 is 5.82 Å². The monoisotopic (exact) mass is 430 g/mol. The largest absolute Gasteiger partial charge is 0.508 e. The lowest BCUT2D eigenvalue weighted by Crippen LogP contribution is -2.04. The molecule has 7 nitrogen and oxygen atoms in total. The van der Waals surface area contributed by atoms with Crippen LogP contribution >= 0.6 is 0 Å². The van der Waals surface area contributed by atoms with E-state index in [0.717, 1.165) is 5.56 Å². The van der Waals surface area contributed by atoms with Crippen LogP contribution in [-0.2, 0) is 6.61 Å². The molecule has 0 aliphatic heterocycles. The molecule has 160 valence electrons. The zero-order valence-electron chi connectivity index (χ0n) is 17.4. The summed E-state index contributed by atoms with van der Waals surface area (Å²) in [6, 6.07) is 16.9. The third-order valence-electron chi connectivity index (χ3n) is 4.87. The van der Waals surface area contributed by atoms with E-state index in [0.29, 0.717) is 33.6 Å². The van der Waals surface area contributed by atoms with Gasteiger partial charge in [-0.05, 0) is 54.4 Å². The first-order chi connectivity index (χ1) is 15.5. The quantitative estimate of drug-likeness (QED) is 0.445. The molecule has 0 spiro atoms. The molecule has 0 bridgehead atoms. The third-order valence-corrected chi connectivity index (χ3v) is 4.87. The number of nitriles is 1. The van der Waals surface area contributed by atoms with Crippen molar-refractivity contribution in [3.8, 4) is 23.6 Å². The standard InChI is InChI=1S/C24H19FN4O3/c1-14-9-19(25)21(11-22(14)30)27-23-18-10-17(31-2)7-8-20(18)28-24(29-23)32-13-16-5-3-15(12-26)4-6-16/h3-11,30H,13H2,1-2H3,(H,27,28,29). The van der Waals surface area contributed by atoms with Gasteiger partial charge < -0.3 is 19.9 Å². The van der Waals surface area contributed by atoms with Crippen molar-refractivity contribution in [2.75, 3.05) is 12.4 Å². The van der Waals surface area contributed by atoms with Gasteiger partial charge in [-0.3, -0.25) is 0 Å². The zero-order valence-corrected chi connectivity index (χ0v) is 17.4. The SMILES string of the molecule is COc1ccc2nc(OCc3ccc(C#N)cc3)nc(Nc3cc(O)c(C)cc3F)c2c1. The van der Waals surface area contributed by atoms with Crippen LogP contribution < -0.4 is 14.8 Å². The second kappa shape index (κ2) is 8.78. The molecule has 0 saturated heterocycles. The maximum absolute atomic E-state index is 14.5. The van der Waals surface area contributed by atoms with Crippen LogP contribution in [0.4, 0.5) is 15.9 Å². The van der Waals surface area contributed by atoms with Crippen molar-refractivity contribution in [3.63, 3.8) is 0 Å². The number of methoxy groups -OCH3 is 1. The highest BCUT2D eigenvalue weighted by atomic mass is 19.1. The highest BCUT2D eigenvalue weighted by Crippen LogP contribution is 2.32. The van der Waals surface area contributed by atoms with Gasteiger partial charge in [0.25, 0.3) is 0 Å². The smallest absolute Gasteiger partial charge is 0.319 e. The van der Waals surface area contributed by atoms with Crippen molar-refractivity contribution in [2.45, 2.75) is 13.5 Å². The Kier molecular flexibility index (Phi) is 5.73. The highest BCUT2D eigenvalue weighted by molar-refractivity contribution is 5.92. The molecular formula is C24H19FN4O3. The van der Waals surface area contributed by atoms with Crippen LogP contribution in [0.2, 0.25) is 0 Å². The minimum Gasteiger partial charge on any atom is -0.508 e. The van der Waals surface area contributed by atoms with Crippen LogP contribution in [0.25, 0.3) is 10.9 Å². The van der Waals surface area contributed by atoms with Gasteiger partial charge in [-0.2, -0.15) is 15.2 Å². The number of phenolic OH excluding ortho intramolecular Hbond substituents is 1. The Morgan fingerprint density at radius 3 is 2.59 bits per heavy atom. The molecule has 0 amide bonds. The molecule has 32 heavy (non-hydrogen) atoms. The number of aromatic nitrogens is 2. The molecule has 0 atom stereocenters. The Balaban J connectivity index is 1.70. The van der Waals surface area contributed by atoms with Gasteiger partial charge in [0, 0.05) is 11.5 Å². The van der Waals surface area contributed by atoms with Crippen molar-refractivity contribution >= 4 is 22.4 Å². The number of nitrogens with zero attached hydrogens (tertiary/aromatic N) is 3. The molecule has 8 heteroatoms. The Hall–Kier alpha value is -4.38. The van der Waals surface area contributed by atoms with Crippen molar-refractivity contribution in [1.29, 1.82) is 5.26 Å². The van der Waals surface area contributed by atoms with Crippen LogP contribution in [-0.4, -0.2) is 22.2 Å². The van der Waals surface area contributed by atoms with E-state index in [1.807, 2.05) is 0 Å². The van der Waals surface area contributed by atoms with Crippen LogP contribution in [0.1, 0.15) is 16.7 Å². The number of fused-ring (bicyclic) bond motifs is 1. The predicted molar refractivity (Wildman–Crippen MR) is 118 cm³/mol. The first-order valence-electron chi connectivity index (χ1n) is 9.70. The fourth-order valence-electron chi connectivity index (χ4n) is 3.08. The number of hydrogen-bond acceptors (Lipinski definition) is 7. The number of aromatic hydroxyl groups is 1. The number of benzene rings is 3. The lowest BCUT2D eigenvalue weighted by atomic mass is 10.1. The fraction of sp³-hybridized carbons (Fsp3) is 0.125. The summed E-state index contributed by atoms with van der Waals surface area (Å²) >= 11 is 0. The van der Waals surface area contributed by atoms with E-state index in [4.69, 9.17) is 14.7 Å². The van der Waals surface area contributed by atoms with Crippen LogP contribution in [0.15, 0.2) is 54.6 Å². The molecule has 0 saturated carbocycles. The van der Waals surface area contributed by atoms with Gasteiger partial charge >= 0.3 is 6.01 Å². The molecule has 1 heterocycles. The Bertz CT molecular complexity index is 1330. The maximum Gasteiger partial charge on any atom is 0.319 e. The number of rotatable bonds is 6. The number of aryl methyl sites for hydroxylation is 1. The first kappa shape index (κ1) is 20.9. The van der Waals surface area contributed by atoms with Crippen LogP contribution in [0, 0.1) is 24.1 Å². The Labute approximate surface area is 183 Å². The van der Waals surface area contributed by atoms with Gasteiger partial charge in [0.2, 0.25) is 0 Å². The Morgan fingerprint density at radius 1 is 1.09 bits per heavy atom. The van der Waals surface area contributed by atoms with Crippen molar-refractivity contribution in [2.24, 2.45) is 0 Å². The average molecular weight is 430 g/mol. The van der Waals surface area contributed by atoms with Crippen LogP contribution in [0.3, 0.4) is 0 Å². The summed E-state index contributed by atoms with van der Waals surface area (Å²) in [5, 5.41) is 22.4. The molecule has 3 aromatic carbocycles. The van der Waals surface area contributed by atoms with Gasteiger partial charge in [-0.15, -0.1) is 0 Å². The molecule has 0 radical (unpaired) electrons. The summed E-state index contributed by atoms with van der Waals surface area (Å²) < 4.78 is 25.5. The summed E-state index contributed by atoms with van der Waals surface area (Å²) in [5.74, 6) is 0.311. The molecule has 0 fully saturated rings. The third kappa shape index (κ3) is 4.37. The van der Waals surface area contributed by atoms with E-state index in [2.05, 4.69) is 21.4 Å². The number of hydrogen-bond donors (Lipinski definition) is 2. The average Bonchev–Trinajstić information content (AvgIpc) is 2.81. The maximum atomic E-state index is 14.5. The molecule has 4 rings (SSSR count). The number of halogens is 1. The van der Waals surface area contributed by atoms with Gasteiger partial charge in [0.15, 0.2) is 0 Å². The van der Waals surface area contributed by atoms with E-state index in [1.165, 1.54) is 12.1 Å². The Morgan fingerprint density at radius 2 is 1.88 bits per heavy atom. The number of nitrogens with one attached hydrogen (secondary N) is 1. The summed E-state index contributed by atoms with van der Waals surface area (Å²) in [7, 11) is 1.54. The van der Waals surface area contributed by atoms with Gasteiger partial charge in [0.1, 0.15) is 29.7 Å². The minimum atomic E-state index is -0.532. The van der Waals surface area contributed by atoms with E-state index in [-0.39, 0.29) is 24.1 Å². The lowest BCUT2D eigenvalue weighted by Gasteiger charge is -2.13. The molecule has 0 aliphatic carbocycles. The summed E-state index contributed by atoms with van der Waals surface area (Å²) in [4.78, 5) is 8.84. The van der Waals surface area contributed by atoms with Gasteiger partial charge in [-0.1, -0.05) is 12.1 Å². The van der Waals surface area contributed by atoms with Crippen molar-refractivity contribution in [3.05, 3.63) is 77.1 Å². The second-order valence-electron chi connectivity index (χ2n) is 7.08. The van der Waals surface area contributed by atoms with Gasteiger partial charge in [0.05, 0.1) is 29.9 Å². The summed E-state index contributed by atoms with van der Waals surface area (Å²) in [5.41, 5.74) is 2.45. The van der Waals surface area contributed by atoms with E-state index in [1.54, 1.807) is 56.5 Å². The van der Waals surface area contributed by atoms with Crippen LogP contribution in [0.5, 0.6) is 17.5 Å². The molecule has 0 aliphatic rings. The van der Waals surface area contributed by atoms with E-state index in [9.17, 15) is 9.50 Å². The molecule has 0 unspecified atom stereocenters. The van der Waals surface area contributed by atoms with Crippen molar-refractivity contribution in [1.82, 2.24) is 9.97 Å². The normalized spacial score (nSPS) is 10.6. The van der Waals surface area contributed by atoms with Crippen molar-refractivity contribution < 1.29 is 19.0 Å².